The third kappa shape index (κ3) is 4.20. The fraction of sp³-hybridized carbons (Fsp3) is 0.231. The van der Waals surface area contributed by atoms with Crippen LogP contribution in [0.5, 0.6) is 0 Å². The van der Waals surface area contributed by atoms with Crippen molar-refractivity contribution in [2.24, 2.45) is 0 Å². The maximum Gasteiger partial charge on any atom is 0.442 e. The van der Waals surface area contributed by atoms with E-state index in [-0.39, 0.29) is 21.4 Å². The maximum atomic E-state index is 12.9. The average molecular weight is 397 g/mol. The number of benzene rings is 1. The van der Waals surface area contributed by atoms with E-state index in [0.717, 1.165) is 6.92 Å². The molecular formula is C13H9Cl2F3N4O3. The molecule has 2 rings (SSSR count). The molecular weight excluding hydrogens is 388 g/mol. The summed E-state index contributed by atoms with van der Waals surface area (Å²) < 4.78 is 39.2. The Balaban J connectivity index is 2.26. The molecule has 1 aromatic heterocycles. The summed E-state index contributed by atoms with van der Waals surface area (Å²) in [7, 11) is 0. The molecule has 0 atom stereocenters. The van der Waals surface area contributed by atoms with E-state index in [1.54, 1.807) is 0 Å². The average Bonchev–Trinajstić information content (AvgIpc) is 2.80. The molecule has 0 spiro atoms. The molecule has 0 aliphatic rings. The Hall–Kier alpha value is -2.33. The SMILES string of the molecule is Cc1c([N+](=O)[O-])c(C(F)(F)F)nn1CC(=O)Nc1ccc(Cl)c(Cl)c1. The highest BCUT2D eigenvalue weighted by molar-refractivity contribution is 6.42. The second-order valence-electron chi connectivity index (χ2n) is 4.87. The normalized spacial score (nSPS) is 11.4. The lowest BCUT2D eigenvalue weighted by molar-refractivity contribution is -0.388. The summed E-state index contributed by atoms with van der Waals surface area (Å²) in [5.74, 6) is -0.743. The van der Waals surface area contributed by atoms with Crippen molar-refractivity contribution in [3.63, 3.8) is 0 Å². The van der Waals surface area contributed by atoms with E-state index in [1.165, 1.54) is 18.2 Å². The molecule has 0 unspecified atom stereocenters. The molecule has 25 heavy (non-hydrogen) atoms. The Bertz CT molecular complexity index is 852. The van der Waals surface area contributed by atoms with E-state index >= 15 is 0 Å². The molecule has 0 radical (unpaired) electrons. The van der Waals surface area contributed by atoms with Crippen LogP contribution in [0.25, 0.3) is 0 Å². The van der Waals surface area contributed by atoms with Gasteiger partial charge in [-0.3, -0.25) is 19.6 Å². The van der Waals surface area contributed by atoms with Gasteiger partial charge in [-0.2, -0.15) is 18.3 Å². The zero-order chi connectivity index (χ0) is 18.9. The zero-order valence-corrected chi connectivity index (χ0v) is 13.9. The summed E-state index contributed by atoms with van der Waals surface area (Å²) in [6, 6.07) is 4.21. The van der Waals surface area contributed by atoms with Gasteiger partial charge in [-0.25, -0.2) is 0 Å². The molecule has 0 aliphatic carbocycles. The molecule has 1 heterocycles. The molecule has 0 fully saturated rings. The Labute approximate surface area is 148 Å². The fourth-order valence-electron chi connectivity index (χ4n) is 2.01. The van der Waals surface area contributed by atoms with E-state index in [1.807, 2.05) is 0 Å². The summed E-state index contributed by atoms with van der Waals surface area (Å²) in [6.07, 6.45) is -5.02. The van der Waals surface area contributed by atoms with E-state index < -0.39 is 34.9 Å². The first-order valence-electron chi connectivity index (χ1n) is 6.54. The number of alkyl halides is 3. The number of nitrogens with one attached hydrogen (secondary N) is 1. The minimum absolute atomic E-state index is 0.171. The number of hydrogen-bond donors (Lipinski definition) is 1. The van der Waals surface area contributed by atoms with Crippen LogP contribution >= 0.6 is 23.2 Å². The highest BCUT2D eigenvalue weighted by Gasteiger charge is 2.44. The van der Waals surface area contributed by atoms with Gasteiger partial charge in [0.05, 0.1) is 15.0 Å². The van der Waals surface area contributed by atoms with Crippen LogP contribution in [0.2, 0.25) is 10.0 Å². The van der Waals surface area contributed by atoms with Crippen LogP contribution in [0.4, 0.5) is 24.5 Å². The van der Waals surface area contributed by atoms with Gasteiger partial charge < -0.3 is 5.32 Å². The highest BCUT2D eigenvalue weighted by atomic mass is 35.5. The predicted octanol–water partition coefficient (Wildman–Crippen LogP) is 4.06. The third-order valence-corrected chi connectivity index (χ3v) is 3.86. The first-order chi connectivity index (χ1) is 11.5. The summed E-state index contributed by atoms with van der Waals surface area (Å²) in [5, 5.41) is 16.8. The molecule has 0 aliphatic heterocycles. The Kier molecular flexibility index (Phi) is 5.23. The van der Waals surface area contributed by atoms with Crippen molar-refractivity contribution in [1.29, 1.82) is 0 Å². The van der Waals surface area contributed by atoms with E-state index in [0.29, 0.717) is 4.68 Å². The van der Waals surface area contributed by atoms with E-state index in [4.69, 9.17) is 23.2 Å². The minimum atomic E-state index is -5.02. The van der Waals surface area contributed by atoms with Gasteiger partial charge in [-0.05, 0) is 25.1 Å². The number of amides is 1. The van der Waals surface area contributed by atoms with Gasteiger partial charge in [0.25, 0.3) is 0 Å². The standard InChI is InChI=1S/C13H9Cl2F3N4O3/c1-6-11(22(24)25)12(13(16,17)18)20-21(6)5-10(23)19-7-2-3-8(14)9(15)4-7/h2-4H,5H2,1H3,(H,19,23). The van der Waals surface area contributed by atoms with Crippen LogP contribution in [0.1, 0.15) is 11.4 Å². The maximum absolute atomic E-state index is 12.9. The molecule has 0 saturated heterocycles. The van der Waals surface area contributed by atoms with Crippen molar-refractivity contribution in [3.05, 3.63) is 49.7 Å². The fourth-order valence-corrected chi connectivity index (χ4v) is 2.31. The number of aromatic nitrogens is 2. The monoisotopic (exact) mass is 396 g/mol. The molecule has 0 saturated carbocycles. The van der Waals surface area contributed by atoms with Crippen LogP contribution in [-0.4, -0.2) is 20.6 Å². The lowest BCUT2D eigenvalue weighted by Crippen LogP contribution is -2.20. The number of nitro groups is 1. The molecule has 2 aromatic rings. The second kappa shape index (κ2) is 6.89. The van der Waals surface area contributed by atoms with Crippen LogP contribution in [0, 0.1) is 17.0 Å². The summed E-state index contributed by atoms with van der Waals surface area (Å²) in [4.78, 5) is 21.7. The van der Waals surface area contributed by atoms with Crippen molar-refractivity contribution in [1.82, 2.24) is 9.78 Å². The first-order valence-corrected chi connectivity index (χ1v) is 7.30. The Morgan fingerprint density at radius 1 is 1.36 bits per heavy atom. The number of carbonyl (C=O) groups is 1. The van der Waals surface area contributed by atoms with Gasteiger partial charge in [0, 0.05) is 5.69 Å². The highest BCUT2D eigenvalue weighted by Crippen LogP contribution is 2.36. The quantitative estimate of drug-likeness (QED) is 0.622. The van der Waals surface area contributed by atoms with Crippen molar-refractivity contribution >= 4 is 40.5 Å². The van der Waals surface area contributed by atoms with Crippen molar-refractivity contribution in [2.75, 3.05) is 5.32 Å². The number of halogens is 5. The molecule has 134 valence electrons. The van der Waals surface area contributed by atoms with Gasteiger partial charge in [-0.15, -0.1) is 0 Å². The topological polar surface area (TPSA) is 90.1 Å². The molecule has 1 aromatic carbocycles. The Morgan fingerprint density at radius 2 is 2.00 bits per heavy atom. The van der Waals surface area contributed by atoms with Crippen LogP contribution in [0.15, 0.2) is 18.2 Å². The second-order valence-corrected chi connectivity index (χ2v) is 5.69. The molecule has 1 amide bonds. The summed E-state index contributed by atoms with van der Waals surface area (Å²) in [6.45, 7) is 0.426. The lowest BCUT2D eigenvalue weighted by atomic mass is 10.3. The minimum Gasteiger partial charge on any atom is -0.324 e. The smallest absolute Gasteiger partial charge is 0.324 e. The van der Waals surface area contributed by atoms with Crippen molar-refractivity contribution in [3.8, 4) is 0 Å². The van der Waals surface area contributed by atoms with Gasteiger partial charge >= 0.3 is 11.9 Å². The summed E-state index contributed by atoms with van der Waals surface area (Å²) in [5.41, 5.74) is -2.97. The number of anilines is 1. The van der Waals surface area contributed by atoms with E-state index in [9.17, 15) is 28.1 Å². The van der Waals surface area contributed by atoms with Gasteiger partial charge in [0.15, 0.2) is 0 Å². The van der Waals surface area contributed by atoms with Crippen molar-refractivity contribution in [2.45, 2.75) is 19.6 Å². The molecule has 0 bridgehead atoms. The first kappa shape index (κ1) is 19.0. The van der Waals surface area contributed by atoms with Gasteiger partial charge in [-0.1, -0.05) is 23.2 Å². The van der Waals surface area contributed by atoms with Gasteiger partial charge in [0.2, 0.25) is 11.6 Å². The molecule has 7 nitrogen and oxygen atoms in total. The molecule has 1 N–H and O–H groups in total. The number of rotatable bonds is 4. The van der Waals surface area contributed by atoms with Crippen molar-refractivity contribution < 1.29 is 22.9 Å². The third-order valence-electron chi connectivity index (χ3n) is 3.12. The molecule has 12 heteroatoms. The predicted molar refractivity (Wildman–Crippen MR) is 83.7 cm³/mol. The van der Waals surface area contributed by atoms with Crippen LogP contribution in [-0.2, 0) is 17.5 Å². The number of nitrogens with zero attached hydrogens (tertiary/aromatic N) is 3. The lowest BCUT2D eigenvalue weighted by Gasteiger charge is -2.07. The van der Waals surface area contributed by atoms with Gasteiger partial charge in [0.1, 0.15) is 12.2 Å². The largest absolute Gasteiger partial charge is 0.442 e. The number of carbonyl (C=O) groups excluding carboxylic acids is 1. The van der Waals surface area contributed by atoms with E-state index in [2.05, 4.69) is 10.4 Å². The Morgan fingerprint density at radius 3 is 2.48 bits per heavy atom. The van der Waals surface area contributed by atoms with Crippen LogP contribution < -0.4 is 5.32 Å². The number of hydrogen-bond acceptors (Lipinski definition) is 4. The summed E-state index contributed by atoms with van der Waals surface area (Å²) >= 11 is 11.5. The zero-order valence-electron chi connectivity index (χ0n) is 12.4. The van der Waals surface area contributed by atoms with Crippen LogP contribution in [0.3, 0.4) is 0 Å².